The standard InChI is InChI=1S/C12H16O4/c13-10-6-8-11(14)7-4-2-1-3-5-9-12(15)16/h6,8,10-11,14H,1,3,5,7,9H2,(H,15,16)/b8-6+. The van der Waals surface area contributed by atoms with E-state index in [2.05, 4.69) is 11.8 Å². The molecular formula is C12H16O4. The van der Waals surface area contributed by atoms with Gasteiger partial charge in [-0.2, -0.15) is 0 Å². The molecular weight excluding hydrogens is 208 g/mol. The Balaban J connectivity index is 3.51. The summed E-state index contributed by atoms with van der Waals surface area (Å²) in [5, 5.41) is 17.6. The molecule has 0 fully saturated rings. The summed E-state index contributed by atoms with van der Waals surface area (Å²) >= 11 is 0. The lowest BCUT2D eigenvalue weighted by molar-refractivity contribution is -0.137. The van der Waals surface area contributed by atoms with Crippen LogP contribution in [0.15, 0.2) is 12.2 Å². The molecule has 0 amide bonds. The molecule has 1 unspecified atom stereocenters. The molecule has 0 spiro atoms. The summed E-state index contributed by atoms with van der Waals surface area (Å²) in [6.07, 6.45) is 4.98. The molecule has 88 valence electrons. The predicted molar refractivity (Wildman–Crippen MR) is 59.7 cm³/mol. The van der Waals surface area contributed by atoms with Gasteiger partial charge >= 0.3 is 5.97 Å². The molecule has 2 N–H and O–H groups in total. The van der Waals surface area contributed by atoms with E-state index in [9.17, 15) is 14.7 Å². The largest absolute Gasteiger partial charge is 0.481 e. The average molecular weight is 224 g/mol. The van der Waals surface area contributed by atoms with Crippen molar-refractivity contribution < 1.29 is 19.8 Å². The molecule has 0 aliphatic heterocycles. The minimum Gasteiger partial charge on any atom is -0.481 e. The van der Waals surface area contributed by atoms with E-state index < -0.39 is 12.1 Å². The van der Waals surface area contributed by atoms with Gasteiger partial charge in [0.25, 0.3) is 0 Å². The lowest BCUT2D eigenvalue weighted by Crippen LogP contribution is -1.99. The van der Waals surface area contributed by atoms with Crippen molar-refractivity contribution in [3.05, 3.63) is 12.2 Å². The van der Waals surface area contributed by atoms with E-state index in [1.54, 1.807) is 0 Å². The van der Waals surface area contributed by atoms with Crippen molar-refractivity contribution in [3.63, 3.8) is 0 Å². The first-order chi connectivity index (χ1) is 7.66. The van der Waals surface area contributed by atoms with Crippen molar-refractivity contribution in [1.29, 1.82) is 0 Å². The SMILES string of the molecule is O=C/C=C/C(O)CC#CCCCCC(=O)O. The van der Waals surface area contributed by atoms with E-state index in [0.717, 1.165) is 6.42 Å². The third-order valence-electron chi connectivity index (χ3n) is 1.79. The molecule has 4 heteroatoms. The zero-order valence-corrected chi connectivity index (χ0v) is 9.06. The zero-order chi connectivity index (χ0) is 12.2. The van der Waals surface area contributed by atoms with E-state index in [-0.39, 0.29) is 6.42 Å². The number of carboxylic acid groups (broad SMARTS) is 1. The van der Waals surface area contributed by atoms with Gasteiger partial charge in [-0.05, 0) is 18.9 Å². The van der Waals surface area contributed by atoms with Gasteiger partial charge < -0.3 is 10.2 Å². The second kappa shape index (κ2) is 9.94. The van der Waals surface area contributed by atoms with Crippen molar-refractivity contribution in [2.45, 2.75) is 38.2 Å². The molecule has 4 nitrogen and oxygen atoms in total. The van der Waals surface area contributed by atoms with Crippen LogP contribution in [-0.4, -0.2) is 28.6 Å². The molecule has 0 aliphatic rings. The van der Waals surface area contributed by atoms with Crippen molar-refractivity contribution in [2.75, 3.05) is 0 Å². The number of hydrogen-bond acceptors (Lipinski definition) is 3. The van der Waals surface area contributed by atoms with Crippen LogP contribution in [0.5, 0.6) is 0 Å². The Morgan fingerprint density at radius 1 is 1.31 bits per heavy atom. The maximum atomic E-state index is 10.2. The lowest BCUT2D eigenvalue weighted by atomic mass is 10.2. The van der Waals surface area contributed by atoms with Crippen molar-refractivity contribution in [1.82, 2.24) is 0 Å². The first-order valence-corrected chi connectivity index (χ1v) is 5.14. The van der Waals surface area contributed by atoms with Gasteiger partial charge in [-0.1, -0.05) is 6.08 Å². The van der Waals surface area contributed by atoms with Crippen LogP contribution in [0, 0.1) is 11.8 Å². The summed E-state index contributed by atoms with van der Waals surface area (Å²) in [6, 6.07) is 0. The van der Waals surface area contributed by atoms with E-state index in [4.69, 9.17) is 5.11 Å². The number of carbonyl (C=O) groups is 2. The summed E-state index contributed by atoms with van der Waals surface area (Å²) in [5.74, 6) is 4.82. The Labute approximate surface area is 95.0 Å². The number of unbranched alkanes of at least 4 members (excludes halogenated alkanes) is 2. The number of aldehydes is 1. The van der Waals surface area contributed by atoms with Crippen LogP contribution in [0.25, 0.3) is 0 Å². The number of aliphatic hydroxyl groups is 1. The Morgan fingerprint density at radius 3 is 2.69 bits per heavy atom. The number of carbonyl (C=O) groups excluding carboxylic acids is 1. The summed E-state index contributed by atoms with van der Waals surface area (Å²) in [6.45, 7) is 0. The van der Waals surface area contributed by atoms with Gasteiger partial charge in [-0.15, -0.1) is 11.8 Å². The van der Waals surface area contributed by atoms with Crippen molar-refractivity contribution in [3.8, 4) is 11.8 Å². The highest BCUT2D eigenvalue weighted by Gasteiger charge is 1.95. The average Bonchev–Trinajstić information content (AvgIpc) is 2.24. The minimum absolute atomic E-state index is 0.173. The number of aliphatic hydroxyl groups excluding tert-OH is 1. The number of hydrogen-bond donors (Lipinski definition) is 2. The maximum absolute atomic E-state index is 10.2. The molecule has 0 radical (unpaired) electrons. The third-order valence-corrected chi connectivity index (χ3v) is 1.79. The molecule has 0 aliphatic carbocycles. The van der Waals surface area contributed by atoms with Crippen molar-refractivity contribution >= 4 is 12.3 Å². The van der Waals surface area contributed by atoms with Gasteiger partial charge in [0.05, 0.1) is 6.10 Å². The van der Waals surface area contributed by atoms with Gasteiger partial charge in [0.15, 0.2) is 0 Å². The normalized spacial score (nSPS) is 11.8. The van der Waals surface area contributed by atoms with Gasteiger partial charge in [0.1, 0.15) is 6.29 Å². The van der Waals surface area contributed by atoms with Crippen LogP contribution in [0.2, 0.25) is 0 Å². The van der Waals surface area contributed by atoms with Gasteiger partial charge in [-0.25, -0.2) is 0 Å². The van der Waals surface area contributed by atoms with Crippen molar-refractivity contribution in [2.24, 2.45) is 0 Å². The Kier molecular flexibility index (Phi) is 8.94. The molecule has 0 saturated carbocycles. The Bertz CT molecular complexity index is 296. The molecule has 16 heavy (non-hydrogen) atoms. The predicted octanol–water partition coefficient (Wildman–Crippen LogP) is 1.14. The number of rotatable bonds is 7. The van der Waals surface area contributed by atoms with E-state index in [1.807, 2.05) is 0 Å². The Morgan fingerprint density at radius 2 is 2.06 bits per heavy atom. The smallest absolute Gasteiger partial charge is 0.303 e. The monoisotopic (exact) mass is 224 g/mol. The van der Waals surface area contributed by atoms with E-state index >= 15 is 0 Å². The number of carboxylic acids is 1. The summed E-state index contributed by atoms with van der Waals surface area (Å²) in [7, 11) is 0. The van der Waals surface area contributed by atoms with Gasteiger partial charge in [0.2, 0.25) is 0 Å². The molecule has 0 saturated heterocycles. The molecule has 1 atom stereocenters. The fraction of sp³-hybridized carbons (Fsp3) is 0.500. The highest BCUT2D eigenvalue weighted by Crippen LogP contribution is 1.99. The highest BCUT2D eigenvalue weighted by atomic mass is 16.4. The maximum Gasteiger partial charge on any atom is 0.303 e. The minimum atomic E-state index is -0.789. The summed E-state index contributed by atoms with van der Waals surface area (Å²) in [4.78, 5) is 20.1. The van der Waals surface area contributed by atoms with Gasteiger partial charge in [-0.3, -0.25) is 9.59 Å². The summed E-state index contributed by atoms with van der Waals surface area (Å²) in [5.41, 5.74) is 0. The molecule has 0 aromatic carbocycles. The van der Waals surface area contributed by atoms with Crippen LogP contribution in [0.4, 0.5) is 0 Å². The summed E-state index contributed by atoms with van der Waals surface area (Å²) < 4.78 is 0. The quantitative estimate of drug-likeness (QED) is 0.294. The molecule has 0 heterocycles. The van der Waals surface area contributed by atoms with Crippen LogP contribution in [0.1, 0.15) is 32.1 Å². The second-order valence-corrected chi connectivity index (χ2v) is 3.25. The Hall–Kier alpha value is -1.60. The molecule has 0 bridgehead atoms. The van der Waals surface area contributed by atoms with Gasteiger partial charge in [0, 0.05) is 19.3 Å². The number of aliphatic carboxylic acids is 1. The van der Waals surface area contributed by atoms with Crippen LogP contribution in [0.3, 0.4) is 0 Å². The van der Waals surface area contributed by atoms with Crippen LogP contribution >= 0.6 is 0 Å². The molecule has 0 rings (SSSR count). The number of allylic oxidation sites excluding steroid dienone is 1. The first kappa shape index (κ1) is 14.4. The lowest BCUT2D eigenvalue weighted by Gasteiger charge is -1.96. The highest BCUT2D eigenvalue weighted by molar-refractivity contribution is 5.66. The topological polar surface area (TPSA) is 74.6 Å². The third kappa shape index (κ3) is 10.5. The second-order valence-electron chi connectivity index (χ2n) is 3.25. The van der Waals surface area contributed by atoms with Crippen LogP contribution in [-0.2, 0) is 9.59 Å². The fourth-order valence-corrected chi connectivity index (χ4v) is 0.996. The molecule has 0 aromatic rings. The first-order valence-electron chi connectivity index (χ1n) is 5.14. The van der Waals surface area contributed by atoms with E-state index in [1.165, 1.54) is 12.2 Å². The van der Waals surface area contributed by atoms with E-state index in [0.29, 0.717) is 25.5 Å². The zero-order valence-electron chi connectivity index (χ0n) is 9.06. The molecule has 0 aromatic heterocycles. The van der Waals surface area contributed by atoms with Crippen LogP contribution < -0.4 is 0 Å². The fourth-order valence-electron chi connectivity index (χ4n) is 0.996.